The van der Waals surface area contributed by atoms with Gasteiger partial charge in [0.25, 0.3) is 0 Å². The molecular formula is C14H28N2O2. The number of primary amides is 1. The van der Waals surface area contributed by atoms with Gasteiger partial charge in [-0.3, -0.25) is 4.79 Å². The molecule has 0 heterocycles. The fourth-order valence-corrected chi connectivity index (χ4v) is 2.48. The van der Waals surface area contributed by atoms with Crippen molar-refractivity contribution >= 4 is 5.91 Å². The first-order valence-electron chi connectivity index (χ1n) is 7.23. The maximum absolute atomic E-state index is 11.8. The summed E-state index contributed by atoms with van der Waals surface area (Å²) in [6, 6.07) is 0. The Hall–Kier alpha value is -0.610. The molecular weight excluding hydrogens is 228 g/mol. The van der Waals surface area contributed by atoms with E-state index in [-0.39, 0.29) is 5.91 Å². The van der Waals surface area contributed by atoms with Gasteiger partial charge >= 0.3 is 0 Å². The third-order valence-corrected chi connectivity index (χ3v) is 4.04. The molecule has 1 aliphatic rings. The third kappa shape index (κ3) is 3.69. The highest BCUT2D eigenvalue weighted by atomic mass is 16.5. The van der Waals surface area contributed by atoms with Crippen LogP contribution >= 0.6 is 0 Å². The van der Waals surface area contributed by atoms with Crippen molar-refractivity contribution in [3.05, 3.63) is 0 Å². The fourth-order valence-electron chi connectivity index (χ4n) is 2.48. The lowest BCUT2D eigenvalue weighted by Crippen LogP contribution is -2.60. The van der Waals surface area contributed by atoms with Crippen LogP contribution in [0.3, 0.4) is 0 Å². The van der Waals surface area contributed by atoms with Gasteiger partial charge in [0.2, 0.25) is 5.91 Å². The molecule has 0 aliphatic heterocycles. The molecule has 1 saturated carbocycles. The van der Waals surface area contributed by atoms with E-state index in [1.807, 2.05) is 6.92 Å². The van der Waals surface area contributed by atoms with E-state index < -0.39 is 5.54 Å². The molecule has 0 aromatic rings. The van der Waals surface area contributed by atoms with Gasteiger partial charge in [0.1, 0.15) is 5.54 Å². The zero-order valence-electron chi connectivity index (χ0n) is 12.0. The van der Waals surface area contributed by atoms with E-state index >= 15 is 0 Å². The van der Waals surface area contributed by atoms with Crippen molar-refractivity contribution in [2.24, 2.45) is 17.6 Å². The summed E-state index contributed by atoms with van der Waals surface area (Å²) in [6.07, 6.45) is 4.38. The minimum absolute atomic E-state index is 0.267. The first-order valence-corrected chi connectivity index (χ1v) is 7.23. The first-order chi connectivity index (χ1) is 8.60. The second-order valence-electron chi connectivity index (χ2n) is 5.34. The SMILES string of the molecule is CCNC(COCC(CC)CC)(C(N)=O)C1CC1. The molecule has 0 aromatic carbocycles. The zero-order valence-corrected chi connectivity index (χ0v) is 12.0. The quantitative estimate of drug-likeness (QED) is 0.625. The van der Waals surface area contributed by atoms with Gasteiger partial charge in [-0.1, -0.05) is 33.6 Å². The van der Waals surface area contributed by atoms with Crippen LogP contribution < -0.4 is 11.1 Å². The van der Waals surface area contributed by atoms with Crippen molar-refractivity contribution in [1.29, 1.82) is 0 Å². The van der Waals surface area contributed by atoms with Crippen molar-refractivity contribution in [1.82, 2.24) is 5.32 Å². The highest BCUT2D eigenvalue weighted by Crippen LogP contribution is 2.40. The third-order valence-electron chi connectivity index (χ3n) is 4.04. The Kier molecular flexibility index (Phi) is 6.09. The summed E-state index contributed by atoms with van der Waals surface area (Å²) in [4.78, 5) is 11.8. The molecule has 1 fully saturated rings. The molecule has 1 atom stereocenters. The van der Waals surface area contributed by atoms with Gasteiger partial charge in [-0.05, 0) is 31.2 Å². The summed E-state index contributed by atoms with van der Waals surface area (Å²) in [5, 5.41) is 3.27. The van der Waals surface area contributed by atoms with Crippen LogP contribution in [-0.4, -0.2) is 31.2 Å². The topological polar surface area (TPSA) is 64.3 Å². The number of carbonyl (C=O) groups excluding carboxylic acids is 1. The number of carbonyl (C=O) groups is 1. The van der Waals surface area contributed by atoms with Crippen LogP contribution in [0.2, 0.25) is 0 Å². The molecule has 1 rings (SSSR count). The van der Waals surface area contributed by atoms with Crippen LogP contribution in [-0.2, 0) is 9.53 Å². The van der Waals surface area contributed by atoms with Gasteiger partial charge in [-0.2, -0.15) is 0 Å². The molecule has 0 spiro atoms. The second kappa shape index (κ2) is 7.10. The van der Waals surface area contributed by atoms with E-state index in [0.717, 1.165) is 38.8 Å². The Morgan fingerprint density at radius 3 is 2.39 bits per heavy atom. The summed E-state index contributed by atoms with van der Waals surface area (Å²) < 4.78 is 5.79. The zero-order chi connectivity index (χ0) is 13.6. The Labute approximate surface area is 111 Å². The number of hydrogen-bond acceptors (Lipinski definition) is 3. The number of rotatable bonds is 10. The van der Waals surface area contributed by atoms with Gasteiger partial charge in [-0.15, -0.1) is 0 Å². The summed E-state index contributed by atoms with van der Waals surface area (Å²) in [5.74, 6) is 0.671. The van der Waals surface area contributed by atoms with Crippen LogP contribution in [0.4, 0.5) is 0 Å². The fraction of sp³-hybridized carbons (Fsp3) is 0.929. The highest BCUT2D eigenvalue weighted by molar-refractivity contribution is 5.85. The molecule has 1 aliphatic carbocycles. The van der Waals surface area contributed by atoms with E-state index in [4.69, 9.17) is 10.5 Å². The van der Waals surface area contributed by atoms with Gasteiger partial charge in [0.15, 0.2) is 0 Å². The first kappa shape index (κ1) is 15.4. The minimum Gasteiger partial charge on any atom is -0.379 e. The summed E-state index contributed by atoms with van der Waals surface area (Å²) in [7, 11) is 0. The van der Waals surface area contributed by atoms with Gasteiger partial charge in [0.05, 0.1) is 6.61 Å². The minimum atomic E-state index is -0.638. The smallest absolute Gasteiger partial charge is 0.240 e. The molecule has 3 N–H and O–H groups in total. The van der Waals surface area contributed by atoms with Crippen LogP contribution in [0.15, 0.2) is 0 Å². The number of amides is 1. The van der Waals surface area contributed by atoms with Crippen molar-refractivity contribution < 1.29 is 9.53 Å². The maximum Gasteiger partial charge on any atom is 0.240 e. The number of ether oxygens (including phenoxy) is 1. The molecule has 18 heavy (non-hydrogen) atoms. The van der Waals surface area contributed by atoms with Crippen LogP contribution in [0.1, 0.15) is 46.5 Å². The molecule has 0 saturated heterocycles. The molecule has 0 radical (unpaired) electrons. The average molecular weight is 256 g/mol. The van der Waals surface area contributed by atoms with E-state index in [2.05, 4.69) is 19.2 Å². The Morgan fingerprint density at radius 1 is 1.39 bits per heavy atom. The molecule has 1 unspecified atom stereocenters. The van der Waals surface area contributed by atoms with Crippen LogP contribution in [0.5, 0.6) is 0 Å². The predicted octanol–water partition coefficient (Wildman–Crippen LogP) is 1.68. The molecule has 106 valence electrons. The molecule has 0 bridgehead atoms. The summed E-state index contributed by atoms with van der Waals surface area (Å²) in [5.41, 5.74) is 4.96. The molecule has 4 nitrogen and oxygen atoms in total. The lowest BCUT2D eigenvalue weighted by molar-refractivity contribution is -0.128. The van der Waals surface area contributed by atoms with E-state index in [1.165, 1.54) is 0 Å². The normalized spacial score (nSPS) is 18.9. The standard InChI is InChI=1S/C14H28N2O2/c1-4-11(5-2)9-18-10-14(13(15)17,16-6-3)12-7-8-12/h11-12,16H,4-10H2,1-3H3,(H2,15,17). The lowest BCUT2D eigenvalue weighted by Gasteiger charge is -2.32. The van der Waals surface area contributed by atoms with Crippen molar-refractivity contribution in [3.8, 4) is 0 Å². The Morgan fingerprint density at radius 2 is 2.00 bits per heavy atom. The highest BCUT2D eigenvalue weighted by Gasteiger charge is 2.49. The number of nitrogens with one attached hydrogen (secondary N) is 1. The second-order valence-corrected chi connectivity index (χ2v) is 5.34. The predicted molar refractivity (Wildman–Crippen MR) is 73.2 cm³/mol. The van der Waals surface area contributed by atoms with Gasteiger partial charge in [-0.25, -0.2) is 0 Å². The number of hydrogen-bond donors (Lipinski definition) is 2. The maximum atomic E-state index is 11.8. The number of likely N-dealkylation sites (N-methyl/N-ethyl adjacent to an activating group) is 1. The Bertz CT molecular complexity index is 263. The van der Waals surface area contributed by atoms with E-state index in [1.54, 1.807) is 0 Å². The van der Waals surface area contributed by atoms with Crippen LogP contribution in [0, 0.1) is 11.8 Å². The molecule has 0 aromatic heterocycles. The molecule has 1 amide bonds. The molecule has 4 heteroatoms. The summed E-state index contributed by atoms with van der Waals surface area (Å²) >= 11 is 0. The monoisotopic (exact) mass is 256 g/mol. The van der Waals surface area contributed by atoms with Gasteiger partial charge < -0.3 is 15.8 Å². The van der Waals surface area contributed by atoms with Crippen molar-refractivity contribution in [2.75, 3.05) is 19.8 Å². The van der Waals surface area contributed by atoms with Gasteiger partial charge in [0, 0.05) is 6.61 Å². The largest absolute Gasteiger partial charge is 0.379 e. The van der Waals surface area contributed by atoms with E-state index in [9.17, 15) is 4.79 Å². The number of nitrogens with two attached hydrogens (primary N) is 1. The van der Waals surface area contributed by atoms with Crippen LogP contribution in [0.25, 0.3) is 0 Å². The Balaban J connectivity index is 2.53. The summed E-state index contributed by atoms with van der Waals surface area (Å²) in [6.45, 7) is 8.22. The van der Waals surface area contributed by atoms with Crippen molar-refractivity contribution in [2.45, 2.75) is 52.0 Å². The van der Waals surface area contributed by atoms with Crippen molar-refractivity contribution in [3.63, 3.8) is 0 Å². The average Bonchev–Trinajstić information content (AvgIpc) is 3.17. The van der Waals surface area contributed by atoms with E-state index in [0.29, 0.717) is 18.4 Å². The lowest BCUT2D eigenvalue weighted by atomic mass is 9.93.